The van der Waals surface area contributed by atoms with E-state index in [4.69, 9.17) is 9.84 Å². The minimum absolute atomic E-state index is 0.204. The molecule has 4 rings (SSSR count). The van der Waals surface area contributed by atoms with Crippen LogP contribution in [0.1, 0.15) is 39.4 Å². The lowest BCUT2D eigenvalue weighted by Crippen LogP contribution is -2.34. The molecule has 33 heavy (non-hydrogen) atoms. The lowest BCUT2D eigenvalue weighted by Gasteiger charge is -2.27. The SMILES string of the molecule is COC(=O)CCN1CCc2c(c(C(=O)NCc3ccccn3)nn2CCc2ccccc2)C1. The van der Waals surface area contributed by atoms with Crippen LogP contribution in [0.3, 0.4) is 0 Å². The molecule has 0 atom stereocenters. The summed E-state index contributed by atoms with van der Waals surface area (Å²) in [4.78, 5) is 31.1. The second kappa shape index (κ2) is 10.9. The Kier molecular flexibility index (Phi) is 7.47. The van der Waals surface area contributed by atoms with E-state index in [-0.39, 0.29) is 11.9 Å². The molecule has 0 saturated heterocycles. The maximum atomic E-state index is 13.1. The molecule has 0 bridgehead atoms. The third-order valence-electron chi connectivity index (χ3n) is 5.90. The number of hydrogen-bond acceptors (Lipinski definition) is 6. The van der Waals surface area contributed by atoms with Crippen LogP contribution in [0, 0.1) is 0 Å². The molecule has 8 heteroatoms. The first kappa shape index (κ1) is 22.7. The van der Waals surface area contributed by atoms with Crippen molar-refractivity contribution in [2.45, 2.75) is 38.9 Å². The number of fused-ring (bicyclic) bond motifs is 1. The molecule has 2 aromatic heterocycles. The fourth-order valence-corrected chi connectivity index (χ4v) is 4.09. The van der Waals surface area contributed by atoms with E-state index in [1.54, 1.807) is 6.20 Å². The number of carbonyl (C=O) groups is 2. The van der Waals surface area contributed by atoms with E-state index in [0.29, 0.717) is 38.3 Å². The molecule has 3 heterocycles. The molecule has 172 valence electrons. The van der Waals surface area contributed by atoms with Gasteiger partial charge in [0.05, 0.1) is 25.8 Å². The van der Waals surface area contributed by atoms with Crippen molar-refractivity contribution in [1.29, 1.82) is 0 Å². The van der Waals surface area contributed by atoms with Crippen LogP contribution in [0.4, 0.5) is 0 Å². The number of carbonyl (C=O) groups excluding carboxylic acids is 2. The largest absolute Gasteiger partial charge is 0.469 e. The summed E-state index contributed by atoms with van der Waals surface area (Å²) in [6.07, 6.45) is 3.66. The van der Waals surface area contributed by atoms with Gasteiger partial charge in [-0.15, -0.1) is 0 Å². The van der Waals surface area contributed by atoms with Crippen molar-refractivity contribution in [1.82, 2.24) is 25.0 Å². The third-order valence-corrected chi connectivity index (χ3v) is 5.90. The first-order valence-corrected chi connectivity index (χ1v) is 11.2. The van der Waals surface area contributed by atoms with Gasteiger partial charge in [-0.2, -0.15) is 5.10 Å². The van der Waals surface area contributed by atoms with Crippen molar-refractivity contribution >= 4 is 11.9 Å². The van der Waals surface area contributed by atoms with Gasteiger partial charge in [0.25, 0.3) is 5.91 Å². The molecule has 1 aliphatic rings. The van der Waals surface area contributed by atoms with Gasteiger partial charge in [-0.3, -0.25) is 24.2 Å². The summed E-state index contributed by atoms with van der Waals surface area (Å²) < 4.78 is 6.75. The maximum absolute atomic E-state index is 13.1. The smallest absolute Gasteiger partial charge is 0.306 e. The lowest BCUT2D eigenvalue weighted by molar-refractivity contribution is -0.141. The van der Waals surface area contributed by atoms with E-state index >= 15 is 0 Å². The summed E-state index contributed by atoms with van der Waals surface area (Å²) in [5.41, 5.74) is 4.53. The van der Waals surface area contributed by atoms with Crippen LogP contribution >= 0.6 is 0 Å². The molecule has 0 spiro atoms. The fourth-order valence-electron chi connectivity index (χ4n) is 4.09. The Morgan fingerprint density at radius 2 is 1.91 bits per heavy atom. The minimum Gasteiger partial charge on any atom is -0.469 e. The summed E-state index contributed by atoms with van der Waals surface area (Å²) in [6.45, 7) is 3.05. The van der Waals surface area contributed by atoms with Gasteiger partial charge in [-0.25, -0.2) is 0 Å². The number of aromatic nitrogens is 3. The van der Waals surface area contributed by atoms with Crippen molar-refractivity contribution in [3.8, 4) is 0 Å². The molecule has 8 nitrogen and oxygen atoms in total. The highest BCUT2D eigenvalue weighted by atomic mass is 16.5. The summed E-state index contributed by atoms with van der Waals surface area (Å²) >= 11 is 0. The van der Waals surface area contributed by atoms with Gasteiger partial charge in [-0.05, 0) is 24.1 Å². The number of aryl methyl sites for hydroxylation is 2. The third kappa shape index (κ3) is 5.84. The molecule has 0 aliphatic carbocycles. The number of nitrogens with one attached hydrogen (secondary N) is 1. The summed E-state index contributed by atoms with van der Waals surface area (Å²) in [5, 5.41) is 7.69. The predicted octanol–water partition coefficient (Wildman–Crippen LogP) is 2.37. The minimum atomic E-state index is -0.229. The Bertz CT molecular complexity index is 1080. The number of methoxy groups -OCH3 is 1. The molecule has 0 fully saturated rings. The van der Waals surface area contributed by atoms with Crippen LogP contribution in [-0.4, -0.2) is 51.7 Å². The van der Waals surface area contributed by atoms with Crippen molar-refractivity contribution in [3.05, 3.63) is 82.9 Å². The Morgan fingerprint density at radius 1 is 1.09 bits per heavy atom. The molecule has 3 aromatic rings. The number of nitrogens with zero attached hydrogens (tertiary/aromatic N) is 4. The average molecular weight is 448 g/mol. The second-order valence-electron chi connectivity index (χ2n) is 8.09. The number of ether oxygens (including phenoxy) is 1. The van der Waals surface area contributed by atoms with Crippen molar-refractivity contribution in [2.75, 3.05) is 20.2 Å². The number of amides is 1. The number of pyridine rings is 1. The highest BCUT2D eigenvalue weighted by molar-refractivity contribution is 5.94. The van der Waals surface area contributed by atoms with E-state index in [0.717, 1.165) is 36.3 Å². The molecule has 1 aromatic carbocycles. The second-order valence-corrected chi connectivity index (χ2v) is 8.09. The normalized spacial score (nSPS) is 13.4. The molecule has 0 unspecified atom stereocenters. The summed E-state index contributed by atoms with van der Waals surface area (Å²) in [7, 11) is 1.40. The predicted molar refractivity (Wildman–Crippen MR) is 123 cm³/mol. The molecule has 1 aliphatic heterocycles. The Balaban J connectivity index is 1.51. The van der Waals surface area contributed by atoms with Crippen LogP contribution in [0.5, 0.6) is 0 Å². The Hall–Kier alpha value is -3.52. The van der Waals surface area contributed by atoms with E-state index < -0.39 is 0 Å². The van der Waals surface area contributed by atoms with Crippen molar-refractivity contribution < 1.29 is 14.3 Å². The van der Waals surface area contributed by atoms with Gasteiger partial charge >= 0.3 is 5.97 Å². The van der Waals surface area contributed by atoms with Gasteiger partial charge < -0.3 is 10.1 Å². The highest BCUT2D eigenvalue weighted by Gasteiger charge is 2.28. The quantitative estimate of drug-likeness (QED) is 0.507. The van der Waals surface area contributed by atoms with Gasteiger partial charge in [0, 0.05) is 50.1 Å². The van der Waals surface area contributed by atoms with Gasteiger partial charge in [0.1, 0.15) is 0 Å². The van der Waals surface area contributed by atoms with Gasteiger partial charge in [0.2, 0.25) is 0 Å². The maximum Gasteiger partial charge on any atom is 0.306 e. The molecular formula is C25H29N5O3. The average Bonchev–Trinajstić information content (AvgIpc) is 3.23. The van der Waals surface area contributed by atoms with Crippen molar-refractivity contribution in [3.63, 3.8) is 0 Å². The molecular weight excluding hydrogens is 418 g/mol. The summed E-state index contributed by atoms with van der Waals surface area (Å²) in [6, 6.07) is 15.9. The topological polar surface area (TPSA) is 89.3 Å². The van der Waals surface area contributed by atoms with Gasteiger partial charge in [0.15, 0.2) is 5.69 Å². The van der Waals surface area contributed by atoms with Gasteiger partial charge in [-0.1, -0.05) is 36.4 Å². The molecule has 0 saturated carbocycles. The standard InChI is InChI=1S/C25H29N5O3/c1-33-23(31)12-15-29-14-11-22-21(18-29)24(25(32)27-17-20-9-5-6-13-26-20)28-30(22)16-10-19-7-3-2-4-8-19/h2-9,13H,10-12,14-18H2,1H3,(H,27,32). The number of hydrogen-bond donors (Lipinski definition) is 1. The van der Waals surface area contributed by atoms with Crippen LogP contribution in [-0.2, 0) is 42.0 Å². The Labute approximate surface area is 193 Å². The van der Waals surface area contributed by atoms with Crippen LogP contribution < -0.4 is 5.32 Å². The zero-order valence-electron chi connectivity index (χ0n) is 18.9. The fraction of sp³-hybridized carbons (Fsp3) is 0.360. The zero-order valence-corrected chi connectivity index (χ0v) is 18.9. The lowest BCUT2D eigenvalue weighted by atomic mass is 10.0. The molecule has 1 amide bonds. The number of rotatable bonds is 9. The first-order valence-electron chi connectivity index (χ1n) is 11.2. The summed E-state index contributed by atoms with van der Waals surface area (Å²) in [5.74, 6) is -0.433. The van der Waals surface area contributed by atoms with E-state index in [1.165, 1.54) is 12.7 Å². The van der Waals surface area contributed by atoms with Crippen molar-refractivity contribution in [2.24, 2.45) is 0 Å². The van der Waals surface area contributed by atoms with E-state index in [1.807, 2.05) is 41.1 Å². The molecule has 1 N–H and O–H groups in total. The van der Waals surface area contributed by atoms with E-state index in [9.17, 15) is 9.59 Å². The van der Waals surface area contributed by atoms with Crippen LogP contribution in [0.15, 0.2) is 54.7 Å². The monoisotopic (exact) mass is 447 g/mol. The van der Waals surface area contributed by atoms with Crippen LogP contribution in [0.2, 0.25) is 0 Å². The molecule has 0 radical (unpaired) electrons. The number of esters is 1. The highest BCUT2D eigenvalue weighted by Crippen LogP contribution is 2.24. The first-order chi connectivity index (χ1) is 16.1. The number of benzene rings is 1. The van der Waals surface area contributed by atoms with E-state index in [2.05, 4.69) is 27.3 Å². The Morgan fingerprint density at radius 3 is 2.67 bits per heavy atom. The zero-order chi connectivity index (χ0) is 23.0. The van der Waals surface area contributed by atoms with Crippen LogP contribution in [0.25, 0.3) is 0 Å².